The van der Waals surface area contributed by atoms with Crippen LogP contribution in [0.4, 0.5) is 5.69 Å². The molecule has 0 heterocycles. The van der Waals surface area contributed by atoms with Gasteiger partial charge in [0.1, 0.15) is 12.6 Å². The number of benzene rings is 2. The van der Waals surface area contributed by atoms with Crippen molar-refractivity contribution in [3.05, 3.63) is 64.7 Å². The molecule has 9 heteroatoms. The first-order valence-corrected chi connectivity index (χ1v) is 14.1. The number of hydrogen-bond acceptors (Lipinski definition) is 4. The second-order valence-electron chi connectivity index (χ2n) is 8.99. The van der Waals surface area contributed by atoms with Crippen molar-refractivity contribution >= 4 is 39.1 Å². The molecule has 1 unspecified atom stereocenters. The third kappa shape index (κ3) is 8.54. The van der Waals surface area contributed by atoms with Crippen molar-refractivity contribution < 1.29 is 18.0 Å². The molecule has 192 valence electrons. The molecular formula is C26H36ClN3O4S. The van der Waals surface area contributed by atoms with Crippen molar-refractivity contribution in [2.24, 2.45) is 0 Å². The quantitative estimate of drug-likeness (QED) is 0.415. The van der Waals surface area contributed by atoms with Crippen molar-refractivity contribution in [2.45, 2.75) is 59.0 Å². The summed E-state index contributed by atoms with van der Waals surface area (Å²) in [7, 11) is -3.76. The van der Waals surface area contributed by atoms with Crippen LogP contribution in [-0.2, 0) is 26.2 Å². The summed E-state index contributed by atoms with van der Waals surface area (Å²) in [6.45, 7) is 7.97. The largest absolute Gasteiger partial charge is 0.354 e. The van der Waals surface area contributed by atoms with Gasteiger partial charge < -0.3 is 10.2 Å². The van der Waals surface area contributed by atoms with Gasteiger partial charge in [0.05, 0.1) is 11.9 Å². The fourth-order valence-corrected chi connectivity index (χ4v) is 4.65. The minimum Gasteiger partial charge on any atom is -0.354 e. The molecule has 2 amide bonds. The number of hydrogen-bond donors (Lipinski definition) is 1. The van der Waals surface area contributed by atoms with Crippen molar-refractivity contribution in [1.82, 2.24) is 10.2 Å². The topological polar surface area (TPSA) is 86.8 Å². The normalized spacial score (nSPS) is 12.3. The highest BCUT2D eigenvalue weighted by Gasteiger charge is 2.30. The molecule has 0 aliphatic heterocycles. The number of rotatable bonds is 12. The lowest BCUT2D eigenvalue weighted by molar-refractivity contribution is -0.139. The van der Waals surface area contributed by atoms with Gasteiger partial charge in [-0.3, -0.25) is 13.9 Å². The number of unbranched alkanes of at least 4 members (excludes halogenated alkanes) is 1. The molecule has 35 heavy (non-hydrogen) atoms. The molecule has 0 aromatic heterocycles. The van der Waals surface area contributed by atoms with E-state index in [0.29, 0.717) is 17.3 Å². The van der Waals surface area contributed by atoms with Crippen LogP contribution in [0.2, 0.25) is 5.02 Å². The van der Waals surface area contributed by atoms with E-state index in [0.717, 1.165) is 34.5 Å². The smallest absolute Gasteiger partial charge is 0.244 e. The summed E-state index contributed by atoms with van der Waals surface area (Å²) in [5.41, 5.74) is 2.20. The Bertz CT molecular complexity index is 1100. The van der Waals surface area contributed by atoms with E-state index in [9.17, 15) is 18.0 Å². The molecule has 0 spiro atoms. The Morgan fingerprint density at radius 1 is 1.06 bits per heavy atom. The molecule has 0 radical (unpaired) electrons. The van der Waals surface area contributed by atoms with Gasteiger partial charge in [0.2, 0.25) is 21.8 Å². The zero-order valence-corrected chi connectivity index (χ0v) is 22.7. The predicted molar refractivity (Wildman–Crippen MR) is 142 cm³/mol. The summed E-state index contributed by atoms with van der Waals surface area (Å²) in [5, 5.41) is 3.37. The van der Waals surface area contributed by atoms with Gasteiger partial charge in [-0.1, -0.05) is 63.1 Å². The maximum atomic E-state index is 13.5. The average Bonchev–Trinajstić information content (AvgIpc) is 2.80. The van der Waals surface area contributed by atoms with Crippen LogP contribution in [-0.4, -0.2) is 50.5 Å². The fraction of sp³-hybridized carbons (Fsp3) is 0.462. The summed E-state index contributed by atoms with van der Waals surface area (Å²) in [5.74, 6) is -0.486. The predicted octanol–water partition coefficient (Wildman–Crippen LogP) is 4.56. The summed E-state index contributed by atoms with van der Waals surface area (Å²) in [4.78, 5) is 27.7. The van der Waals surface area contributed by atoms with E-state index in [4.69, 9.17) is 11.6 Å². The standard InChI is InChI=1S/C26H36ClN3O4S/c1-6-7-15-28-26(32)20(4)29(17-21-9-8-10-23(27)16-21)25(31)18-30(35(5,33)34)24-13-11-22(12-14-24)19(2)3/h8-14,16,19-20H,6-7,15,17-18H2,1-5H3,(H,28,32). The minimum atomic E-state index is -3.76. The molecule has 2 rings (SSSR count). The van der Waals surface area contributed by atoms with E-state index < -0.39 is 28.5 Å². The third-order valence-electron chi connectivity index (χ3n) is 5.77. The minimum absolute atomic E-state index is 0.117. The molecule has 0 fully saturated rings. The summed E-state index contributed by atoms with van der Waals surface area (Å²) < 4.78 is 26.4. The maximum Gasteiger partial charge on any atom is 0.244 e. The van der Waals surface area contributed by atoms with Gasteiger partial charge in [-0.2, -0.15) is 0 Å². The van der Waals surface area contributed by atoms with Crippen molar-refractivity contribution in [3.8, 4) is 0 Å². The van der Waals surface area contributed by atoms with Gasteiger partial charge in [0, 0.05) is 18.1 Å². The van der Waals surface area contributed by atoms with Crippen LogP contribution in [0, 0.1) is 0 Å². The van der Waals surface area contributed by atoms with E-state index in [2.05, 4.69) is 5.32 Å². The van der Waals surface area contributed by atoms with E-state index in [-0.39, 0.29) is 18.4 Å². The van der Waals surface area contributed by atoms with Gasteiger partial charge in [-0.25, -0.2) is 8.42 Å². The third-order valence-corrected chi connectivity index (χ3v) is 7.14. The zero-order valence-electron chi connectivity index (χ0n) is 21.1. The number of nitrogens with zero attached hydrogens (tertiary/aromatic N) is 2. The molecule has 7 nitrogen and oxygen atoms in total. The number of nitrogens with one attached hydrogen (secondary N) is 1. The van der Waals surface area contributed by atoms with Crippen LogP contribution in [0.15, 0.2) is 48.5 Å². The van der Waals surface area contributed by atoms with Crippen LogP contribution in [0.25, 0.3) is 0 Å². The number of halogens is 1. The number of carbonyl (C=O) groups excluding carboxylic acids is 2. The molecule has 1 N–H and O–H groups in total. The van der Waals surface area contributed by atoms with E-state index in [1.54, 1.807) is 37.3 Å². The van der Waals surface area contributed by atoms with Crippen LogP contribution >= 0.6 is 11.6 Å². The Morgan fingerprint density at radius 3 is 2.26 bits per heavy atom. The lowest BCUT2D eigenvalue weighted by atomic mass is 10.0. The van der Waals surface area contributed by atoms with E-state index in [1.807, 2.05) is 39.0 Å². The van der Waals surface area contributed by atoms with Crippen molar-refractivity contribution in [1.29, 1.82) is 0 Å². The molecule has 0 saturated carbocycles. The second kappa shape index (κ2) is 12.9. The molecule has 0 aliphatic carbocycles. The summed E-state index contributed by atoms with van der Waals surface area (Å²) >= 11 is 6.12. The molecule has 0 saturated heterocycles. The Hall–Kier alpha value is -2.58. The molecule has 0 bridgehead atoms. The van der Waals surface area contributed by atoms with E-state index in [1.165, 1.54) is 4.90 Å². The van der Waals surface area contributed by atoms with Crippen molar-refractivity contribution in [3.63, 3.8) is 0 Å². The molecule has 1 atom stereocenters. The fourth-order valence-electron chi connectivity index (χ4n) is 3.59. The van der Waals surface area contributed by atoms with E-state index >= 15 is 0 Å². The highest BCUT2D eigenvalue weighted by Crippen LogP contribution is 2.23. The van der Waals surface area contributed by atoms with Gasteiger partial charge >= 0.3 is 0 Å². The van der Waals surface area contributed by atoms with Crippen LogP contribution in [0.5, 0.6) is 0 Å². The second-order valence-corrected chi connectivity index (χ2v) is 11.3. The monoisotopic (exact) mass is 521 g/mol. The summed E-state index contributed by atoms with van der Waals surface area (Å²) in [6, 6.07) is 13.3. The first-order valence-electron chi connectivity index (χ1n) is 11.8. The number of anilines is 1. The Kier molecular flexibility index (Phi) is 10.6. The number of sulfonamides is 1. The SMILES string of the molecule is CCCCNC(=O)C(C)N(Cc1cccc(Cl)c1)C(=O)CN(c1ccc(C(C)C)cc1)S(C)(=O)=O. The Balaban J connectivity index is 2.35. The summed E-state index contributed by atoms with van der Waals surface area (Å²) in [6.07, 6.45) is 2.83. The average molecular weight is 522 g/mol. The van der Waals surface area contributed by atoms with Gasteiger partial charge in [0.25, 0.3) is 0 Å². The molecule has 0 aliphatic rings. The molecule has 2 aromatic rings. The van der Waals surface area contributed by atoms with Crippen molar-refractivity contribution in [2.75, 3.05) is 23.7 Å². The van der Waals surface area contributed by atoms with Gasteiger partial charge in [-0.05, 0) is 54.7 Å². The molecule has 2 aromatic carbocycles. The van der Waals surface area contributed by atoms with Crippen LogP contribution < -0.4 is 9.62 Å². The lowest BCUT2D eigenvalue weighted by Crippen LogP contribution is -2.51. The Labute approximate surface area is 214 Å². The van der Waals surface area contributed by atoms with Crippen LogP contribution in [0.3, 0.4) is 0 Å². The van der Waals surface area contributed by atoms with Gasteiger partial charge in [0.15, 0.2) is 0 Å². The van der Waals surface area contributed by atoms with Gasteiger partial charge in [-0.15, -0.1) is 0 Å². The zero-order chi connectivity index (χ0) is 26.2. The highest BCUT2D eigenvalue weighted by molar-refractivity contribution is 7.92. The number of carbonyl (C=O) groups is 2. The highest BCUT2D eigenvalue weighted by atomic mass is 35.5. The first-order chi connectivity index (χ1) is 16.4. The lowest BCUT2D eigenvalue weighted by Gasteiger charge is -2.31. The van der Waals surface area contributed by atoms with Crippen LogP contribution in [0.1, 0.15) is 57.6 Å². The number of amides is 2. The maximum absolute atomic E-state index is 13.5. The molecular weight excluding hydrogens is 486 g/mol. The first kappa shape index (κ1) is 28.7. The Morgan fingerprint density at radius 2 is 1.71 bits per heavy atom.